The van der Waals surface area contributed by atoms with E-state index in [9.17, 15) is 14.4 Å². The summed E-state index contributed by atoms with van der Waals surface area (Å²) in [7, 11) is 0. The average Bonchev–Trinajstić information content (AvgIpc) is 3.08. The number of hydrogen-bond donors (Lipinski definition) is 1. The van der Waals surface area contributed by atoms with Crippen LogP contribution < -0.4 is 0 Å². The monoisotopic (exact) mass is 383 g/mol. The van der Waals surface area contributed by atoms with Gasteiger partial charge in [0.05, 0.1) is 17.9 Å². The molecule has 7 heteroatoms. The van der Waals surface area contributed by atoms with Crippen molar-refractivity contribution in [1.29, 1.82) is 0 Å². The molecule has 0 bridgehead atoms. The number of ketones is 1. The highest BCUT2D eigenvalue weighted by Crippen LogP contribution is 2.25. The molecule has 0 radical (unpaired) electrons. The molecular formula is C21H25N3O4. The Morgan fingerprint density at radius 3 is 2.29 bits per heavy atom. The van der Waals surface area contributed by atoms with Gasteiger partial charge in [0.15, 0.2) is 5.78 Å². The maximum Gasteiger partial charge on any atom is 0.339 e. The van der Waals surface area contributed by atoms with Gasteiger partial charge in [0.2, 0.25) is 5.91 Å². The van der Waals surface area contributed by atoms with E-state index in [2.05, 4.69) is 5.10 Å². The molecule has 1 aromatic carbocycles. The van der Waals surface area contributed by atoms with Crippen LogP contribution in [0.5, 0.6) is 0 Å². The van der Waals surface area contributed by atoms with Gasteiger partial charge in [-0.25, -0.2) is 4.79 Å². The minimum absolute atomic E-state index is 0.0117. The first-order valence-corrected chi connectivity index (χ1v) is 9.52. The number of Topliss-reactive ketones (excluding diaryl/α,β-unsaturated/α-hetero) is 1. The summed E-state index contributed by atoms with van der Waals surface area (Å²) in [5.74, 6) is -1.01. The summed E-state index contributed by atoms with van der Waals surface area (Å²) in [5.41, 5.74) is 2.59. The molecular weight excluding hydrogens is 358 g/mol. The van der Waals surface area contributed by atoms with Crippen LogP contribution in [0.4, 0.5) is 0 Å². The third kappa shape index (κ3) is 4.30. The molecule has 1 aliphatic heterocycles. The van der Waals surface area contributed by atoms with E-state index in [4.69, 9.17) is 5.11 Å². The quantitative estimate of drug-likeness (QED) is 0.774. The van der Waals surface area contributed by atoms with Crippen molar-refractivity contribution in [2.45, 2.75) is 45.6 Å². The molecule has 1 aromatic heterocycles. The van der Waals surface area contributed by atoms with Crippen molar-refractivity contribution in [3.63, 3.8) is 0 Å². The SMILES string of the molecule is Cc1ccc(C(=O)CCC(=O)N2CCC(n3ncc(C(=O)O)c3C)CC2)cc1. The first-order valence-electron chi connectivity index (χ1n) is 9.52. The van der Waals surface area contributed by atoms with Gasteiger partial charge in [-0.2, -0.15) is 5.10 Å². The van der Waals surface area contributed by atoms with Crippen molar-refractivity contribution in [2.75, 3.05) is 13.1 Å². The summed E-state index contributed by atoms with van der Waals surface area (Å²) in [6, 6.07) is 7.47. The molecule has 28 heavy (non-hydrogen) atoms. The molecule has 1 amide bonds. The Kier molecular flexibility index (Phi) is 5.92. The Hall–Kier alpha value is -2.96. The van der Waals surface area contributed by atoms with Crippen LogP contribution in [0.1, 0.15) is 63.7 Å². The predicted molar refractivity (Wildman–Crippen MR) is 104 cm³/mol. The van der Waals surface area contributed by atoms with Gasteiger partial charge >= 0.3 is 5.97 Å². The van der Waals surface area contributed by atoms with Gasteiger partial charge in [-0.15, -0.1) is 0 Å². The average molecular weight is 383 g/mol. The van der Waals surface area contributed by atoms with Crippen LogP contribution in [0.15, 0.2) is 30.5 Å². The maximum absolute atomic E-state index is 12.5. The van der Waals surface area contributed by atoms with Crippen molar-refractivity contribution in [2.24, 2.45) is 0 Å². The number of benzene rings is 1. The molecule has 0 saturated carbocycles. The molecule has 2 heterocycles. The van der Waals surface area contributed by atoms with E-state index in [-0.39, 0.29) is 36.1 Å². The molecule has 148 valence electrons. The van der Waals surface area contributed by atoms with Crippen LogP contribution in [0.25, 0.3) is 0 Å². The molecule has 1 aliphatic rings. The molecule has 1 saturated heterocycles. The second-order valence-corrected chi connectivity index (χ2v) is 7.29. The van der Waals surface area contributed by atoms with E-state index < -0.39 is 5.97 Å². The van der Waals surface area contributed by atoms with Crippen molar-refractivity contribution in [3.8, 4) is 0 Å². The van der Waals surface area contributed by atoms with E-state index in [0.29, 0.717) is 24.3 Å². The number of likely N-dealkylation sites (tertiary alicyclic amines) is 1. The van der Waals surface area contributed by atoms with Crippen molar-refractivity contribution in [1.82, 2.24) is 14.7 Å². The molecule has 0 aliphatic carbocycles. The summed E-state index contributed by atoms with van der Waals surface area (Å²) in [4.78, 5) is 37.7. The standard InChI is InChI=1S/C21H25N3O4/c1-14-3-5-16(6-4-14)19(25)7-8-20(26)23-11-9-17(10-12-23)24-15(2)18(13-22-24)21(27)28/h3-6,13,17H,7-12H2,1-2H3,(H,27,28). The Morgan fingerprint density at radius 2 is 1.71 bits per heavy atom. The molecule has 0 spiro atoms. The minimum atomic E-state index is -0.977. The van der Waals surface area contributed by atoms with Gasteiger partial charge in [-0.3, -0.25) is 14.3 Å². The number of nitrogens with zero attached hydrogens (tertiary/aromatic N) is 3. The molecule has 0 unspecified atom stereocenters. The zero-order valence-corrected chi connectivity index (χ0v) is 16.2. The van der Waals surface area contributed by atoms with E-state index in [0.717, 1.165) is 18.4 Å². The number of hydrogen-bond acceptors (Lipinski definition) is 4. The van der Waals surface area contributed by atoms with Crippen LogP contribution in [0.3, 0.4) is 0 Å². The molecule has 2 aromatic rings. The van der Waals surface area contributed by atoms with E-state index in [1.54, 1.807) is 28.6 Å². The second-order valence-electron chi connectivity index (χ2n) is 7.29. The van der Waals surface area contributed by atoms with E-state index in [1.165, 1.54) is 6.20 Å². The lowest BCUT2D eigenvalue weighted by atomic mass is 10.0. The van der Waals surface area contributed by atoms with Crippen LogP contribution >= 0.6 is 0 Å². The van der Waals surface area contributed by atoms with Gasteiger partial charge in [-0.1, -0.05) is 29.8 Å². The topological polar surface area (TPSA) is 92.5 Å². The van der Waals surface area contributed by atoms with Gasteiger partial charge in [-0.05, 0) is 26.7 Å². The van der Waals surface area contributed by atoms with Crippen LogP contribution in [-0.2, 0) is 4.79 Å². The molecule has 1 fully saturated rings. The minimum Gasteiger partial charge on any atom is -0.478 e. The Morgan fingerprint density at radius 1 is 1.07 bits per heavy atom. The van der Waals surface area contributed by atoms with E-state index in [1.807, 2.05) is 19.1 Å². The van der Waals surface area contributed by atoms with Crippen molar-refractivity contribution < 1.29 is 19.5 Å². The number of aryl methyl sites for hydroxylation is 1. The van der Waals surface area contributed by atoms with Gasteiger partial charge in [0, 0.05) is 31.5 Å². The van der Waals surface area contributed by atoms with Crippen LogP contribution in [0, 0.1) is 13.8 Å². The number of piperidine rings is 1. The number of carbonyl (C=O) groups is 3. The molecule has 3 rings (SSSR count). The number of carbonyl (C=O) groups excluding carboxylic acids is 2. The first kappa shape index (κ1) is 19.8. The number of aromatic carboxylic acids is 1. The van der Waals surface area contributed by atoms with Crippen LogP contribution in [-0.4, -0.2) is 50.5 Å². The summed E-state index contributed by atoms with van der Waals surface area (Å²) in [6.45, 7) is 4.90. The number of carboxylic acids is 1. The summed E-state index contributed by atoms with van der Waals surface area (Å²) < 4.78 is 1.76. The number of carboxylic acid groups (broad SMARTS) is 1. The fourth-order valence-electron chi connectivity index (χ4n) is 3.62. The smallest absolute Gasteiger partial charge is 0.339 e. The zero-order valence-electron chi connectivity index (χ0n) is 16.2. The second kappa shape index (κ2) is 8.37. The molecule has 7 nitrogen and oxygen atoms in total. The van der Waals surface area contributed by atoms with Gasteiger partial charge in [0.1, 0.15) is 5.56 Å². The lowest BCUT2D eigenvalue weighted by molar-refractivity contribution is -0.132. The highest BCUT2D eigenvalue weighted by Gasteiger charge is 2.26. The lowest BCUT2D eigenvalue weighted by Gasteiger charge is -2.32. The van der Waals surface area contributed by atoms with Crippen molar-refractivity contribution in [3.05, 3.63) is 52.8 Å². The third-order valence-electron chi connectivity index (χ3n) is 5.38. The van der Waals surface area contributed by atoms with Gasteiger partial charge in [0.25, 0.3) is 0 Å². The fraction of sp³-hybridized carbons (Fsp3) is 0.429. The summed E-state index contributed by atoms with van der Waals surface area (Å²) in [5, 5.41) is 13.4. The van der Waals surface area contributed by atoms with Crippen LogP contribution in [0.2, 0.25) is 0 Å². The zero-order chi connectivity index (χ0) is 20.3. The fourth-order valence-corrected chi connectivity index (χ4v) is 3.62. The highest BCUT2D eigenvalue weighted by atomic mass is 16.4. The molecule has 0 atom stereocenters. The highest BCUT2D eigenvalue weighted by molar-refractivity contribution is 5.98. The number of amides is 1. The lowest BCUT2D eigenvalue weighted by Crippen LogP contribution is -2.39. The van der Waals surface area contributed by atoms with Crippen molar-refractivity contribution >= 4 is 17.7 Å². The summed E-state index contributed by atoms with van der Waals surface area (Å²) >= 11 is 0. The number of aromatic nitrogens is 2. The Labute approximate surface area is 164 Å². The summed E-state index contributed by atoms with van der Waals surface area (Å²) in [6.07, 6.45) is 3.24. The van der Waals surface area contributed by atoms with E-state index >= 15 is 0 Å². The number of rotatable bonds is 6. The third-order valence-corrected chi connectivity index (χ3v) is 5.38. The van der Waals surface area contributed by atoms with Gasteiger partial charge < -0.3 is 10.0 Å². The largest absolute Gasteiger partial charge is 0.478 e. The normalized spacial score (nSPS) is 14.9. The Balaban J connectivity index is 1.50. The first-order chi connectivity index (χ1) is 13.4. The predicted octanol–water partition coefficient (Wildman–Crippen LogP) is 3.02. The Bertz CT molecular complexity index is 878. The molecule has 1 N–H and O–H groups in total. The maximum atomic E-state index is 12.5.